The highest BCUT2D eigenvalue weighted by molar-refractivity contribution is 5.86. The summed E-state index contributed by atoms with van der Waals surface area (Å²) in [5.41, 5.74) is 1.99. The van der Waals surface area contributed by atoms with Crippen LogP contribution in [0.4, 0.5) is 0 Å². The molecule has 1 aromatic heterocycles. The van der Waals surface area contributed by atoms with Crippen LogP contribution in [-0.4, -0.2) is 46.9 Å². The third kappa shape index (κ3) is 2.76. The average molecular weight is 323 g/mol. The first kappa shape index (κ1) is 15.1. The first-order chi connectivity index (χ1) is 11.7. The highest BCUT2D eigenvalue weighted by Crippen LogP contribution is 2.23. The first-order valence-electron chi connectivity index (χ1n) is 8.50. The molecular formula is C19H21N3O2. The zero-order valence-electron chi connectivity index (χ0n) is 13.6. The number of nitrogens with one attached hydrogen (secondary N) is 1. The molecule has 2 aliphatic rings. The SMILES string of the molecule is O=C(CN1CC=CCC1)N1CCc2c([nH]c(=O)c3ccccc23)C1. The van der Waals surface area contributed by atoms with Crippen LogP contribution in [0.5, 0.6) is 0 Å². The van der Waals surface area contributed by atoms with Gasteiger partial charge in [0, 0.05) is 30.7 Å². The van der Waals surface area contributed by atoms with Crippen LogP contribution in [0.1, 0.15) is 17.7 Å². The number of carbonyl (C=O) groups excluding carboxylic acids is 1. The van der Waals surface area contributed by atoms with Crippen molar-refractivity contribution in [1.82, 2.24) is 14.8 Å². The molecule has 2 aromatic rings. The van der Waals surface area contributed by atoms with E-state index >= 15 is 0 Å². The van der Waals surface area contributed by atoms with Gasteiger partial charge in [0.15, 0.2) is 0 Å². The summed E-state index contributed by atoms with van der Waals surface area (Å²) in [5.74, 6) is 0.143. The number of pyridine rings is 1. The summed E-state index contributed by atoms with van der Waals surface area (Å²) in [5, 5.41) is 1.75. The van der Waals surface area contributed by atoms with Crippen LogP contribution in [0.2, 0.25) is 0 Å². The highest BCUT2D eigenvalue weighted by atomic mass is 16.2. The summed E-state index contributed by atoms with van der Waals surface area (Å²) in [6, 6.07) is 7.70. The van der Waals surface area contributed by atoms with Gasteiger partial charge in [0.2, 0.25) is 5.91 Å². The maximum absolute atomic E-state index is 12.6. The summed E-state index contributed by atoms with van der Waals surface area (Å²) in [6.07, 6.45) is 6.08. The molecule has 0 radical (unpaired) electrons. The average Bonchev–Trinajstić information content (AvgIpc) is 2.62. The van der Waals surface area contributed by atoms with Crippen LogP contribution in [0, 0.1) is 0 Å². The van der Waals surface area contributed by atoms with Crippen LogP contribution >= 0.6 is 0 Å². The molecule has 5 nitrogen and oxygen atoms in total. The maximum Gasteiger partial charge on any atom is 0.256 e. The van der Waals surface area contributed by atoms with Crippen molar-refractivity contribution in [3.05, 3.63) is 58.0 Å². The van der Waals surface area contributed by atoms with Crippen molar-refractivity contribution < 1.29 is 4.79 Å². The Balaban J connectivity index is 1.56. The maximum atomic E-state index is 12.6. The van der Waals surface area contributed by atoms with Gasteiger partial charge in [-0.15, -0.1) is 0 Å². The Morgan fingerprint density at radius 3 is 2.75 bits per heavy atom. The predicted molar refractivity (Wildman–Crippen MR) is 93.9 cm³/mol. The molecule has 1 aromatic carbocycles. The Morgan fingerprint density at radius 1 is 1.12 bits per heavy atom. The third-order valence-electron chi connectivity index (χ3n) is 4.96. The molecule has 24 heavy (non-hydrogen) atoms. The number of nitrogens with zero attached hydrogens (tertiary/aromatic N) is 2. The monoisotopic (exact) mass is 323 g/mol. The molecule has 0 unspecified atom stereocenters. The quantitative estimate of drug-likeness (QED) is 0.856. The van der Waals surface area contributed by atoms with E-state index in [-0.39, 0.29) is 11.5 Å². The van der Waals surface area contributed by atoms with Gasteiger partial charge in [-0.05, 0) is 29.9 Å². The molecule has 0 aliphatic carbocycles. The van der Waals surface area contributed by atoms with E-state index in [0.717, 1.165) is 42.4 Å². The van der Waals surface area contributed by atoms with Crippen LogP contribution in [0.25, 0.3) is 10.8 Å². The summed E-state index contributed by atoms with van der Waals surface area (Å²) >= 11 is 0. The number of hydrogen-bond acceptors (Lipinski definition) is 3. The van der Waals surface area contributed by atoms with E-state index < -0.39 is 0 Å². The lowest BCUT2D eigenvalue weighted by Crippen LogP contribution is -2.44. The van der Waals surface area contributed by atoms with E-state index in [0.29, 0.717) is 19.6 Å². The number of aromatic nitrogens is 1. The van der Waals surface area contributed by atoms with E-state index in [1.54, 1.807) is 0 Å². The molecule has 0 bridgehead atoms. The second kappa shape index (κ2) is 6.24. The molecule has 0 saturated heterocycles. The van der Waals surface area contributed by atoms with E-state index in [9.17, 15) is 9.59 Å². The van der Waals surface area contributed by atoms with Crippen molar-refractivity contribution in [1.29, 1.82) is 0 Å². The van der Waals surface area contributed by atoms with E-state index in [4.69, 9.17) is 0 Å². The Hall–Kier alpha value is -2.40. The fraction of sp³-hybridized carbons (Fsp3) is 0.368. The van der Waals surface area contributed by atoms with Crippen LogP contribution in [0.3, 0.4) is 0 Å². The van der Waals surface area contributed by atoms with Gasteiger partial charge >= 0.3 is 0 Å². The molecule has 2 aliphatic heterocycles. The zero-order valence-corrected chi connectivity index (χ0v) is 13.6. The molecule has 0 atom stereocenters. The topological polar surface area (TPSA) is 56.4 Å². The number of fused-ring (bicyclic) bond motifs is 3. The minimum atomic E-state index is -0.0696. The molecule has 0 saturated carbocycles. The minimum Gasteiger partial charge on any atom is -0.335 e. The Labute approximate surface area is 140 Å². The largest absolute Gasteiger partial charge is 0.335 e. The smallest absolute Gasteiger partial charge is 0.256 e. The number of H-pyrrole nitrogens is 1. The number of benzene rings is 1. The normalized spacial score (nSPS) is 17.9. The Bertz CT molecular complexity index is 869. The fourth-order valence-corrected chi connectivity index (χ4v) is 3.66. The van der Waals surface area contributed by atoms with Crippen LogP contribution in [-0.2, 0) is 17.8 Å². The van der Waals surface area contributed by atoms with Gasteiger partial charge in [-0.2, -0.15) is 0 Å². The number of aromatic amines is 1. The fourth-order valence-electron chi connectivity index (χ4n) is 3.66. The number of carbonyl (C=O) groups is 1. The van der Waals surface area contributed by atoms with Gasteiger partial charge in [-0.3, -0.25) is 14.5 Å². The molecule has 124 valence electrons. The summed E-state index contributed by atoms with van der Waals surface area (Å²) < 4.78 is 0. The molecule has 5 heteroatoms. The van der Waals surface area contributed by atoms with Gasteiger partial charge in [0.1, 0.15) is 0 Å². The first-order valence-corrected chi connectivity index (χ1v) is 8.50. The molecule has 1 N–H and O–H groups in total. The van der Waals surface area contributed by atoms with E-state index in [1.807, 2.05) is 29.2 Å². The lowest BCUT2D eigenvalue weighted by atomic mass is 9.98. The van der Waals surface area contributed by atoms with Gasteiger partial charge in [-0.25, -0.2) is 0 Å². The number of hydrogen-bond donors (Lipinski definition) is 1. The number of amides is 1. The summed E-state index contributed by atoms with van der Waals surface area (Å²) in [7, 11) is 0. The second-order valence-electron chi connectivity index (χ2n) is 6.52. The molecule has 0 spiro atoms. The van der Waals surface area contributed by atoms with Crippen LogP contribution in [0.15, 0.2) is 41.2 Å². The standard InChI is InChI=1S/C19H21N3O2/c23-18(13-21-9-4-1-5-10-21)22-11-8-15-14-6-2-3-7-16(14)19(24)20-17(15)12-22/h1-4,6-7H,5,8-13H2,(H,20,24). The van der Waals surface area contributed by atoms with Crippen molar-refractivity contribution in [2.24, 2.45) is 0 Å². The van der Waals surface area contributed by atoms with Crippen LogP contribution < -0.4 is 5.56 Å². The molecule has 0 fully saturated rings. The van der Waals surface area contributed by atoms with Gasteiger partial charge in [0.25, 0.3) is 5.56 Å². The van der Waals surface area contributed by atoms with Gasteiger partial charge in [-0.1, -0.05) is 30.4 Å². The Kier molecular flexibility index (Phi) is 3.94. The third-order valence-corrected chi connectivity index (χ3v) is 4.96. The van der Waals surface area contributed by atoms with Crippen molar-refractivity contribution >= 4 is 16.7 Å². The summed E-state index contributed by atoms with van der Waals surface area (Å²) in [6.45, 7) is 3.45. The van der Waals surface area contributed by atoms with Crippen molar-refractivity contribution in [2.75, 3.05) is 26.2 Å². The summed E-state index contributed by atoms with van der Waals surface area (Å²) in [4.78, 5) is 31.9. The molecule has 3 heterocycles. The van der Waals surface area contributed by atoms with Gasteiger partial charge < -0.3 is 9.88 Å². The van der Waals surface area contributed by atoms with Crippen molar-refractivity contribution in [3.63, 3.8) is 0 Å². The van der Waals surface area contributed by atoms with E-state index in [1.165, 1.54) is 5.56 Å². The lowest BCUT2D eigenvalue weighted by molar-refractivity contribution is -0.133. The minimum absolute atomic E-state index is 0.0696. The van der Waals surface area contributed by atoms with E-state index in [2.05, 4.69) is 22.0 Å². The van der Waals surface area contributed by atoms with Crippen molar-refractivity contribution in [2.45, 2.75) is 19.4 Å². The highest BCUT2D eigenvalue weighted by Gasteiger charge is 2.24. The zero-order chi connectivity index (χ0) is 16.5. The molecule has 1 amide bonds. The van der Waals surface area contributed by atoms with Crippen molar-refractivity contribution in [3.8, 4) is 0 Å². The van der Waals surface area contributed by atoms with Gasteiger partial charge in [0.05, 0.1) is 13.1 Å². The molecule has 4 rings (SSSR count). The lowest BCUT2D eigenvalue weighted by Gasteiger charge is -2.31. The number of rotatable bonds is 2. The predicted octanol–water partition coefficient (Wildman–Crippen LogP) is 1.67. The second-order valence-corrected chi connectivity index (χ2v) is 6.52. The Morgan fingerprint density at radius 2 is 1.96 bits per heavy atom. The molecular weight excluding hydrogens is 302 g/mol.